The van der Waals surface area contributed by atoms with Crippen LogP contribution >= 0.6 is 0 Å². The van der Waals surface area contributed by atoms with Crippen LogP contribution in [-0.4, -0.2) is 62.2 Å². The monoisotopic (exact) mass is 225 g/mol. The number of rotatable bonds is 7. The van der Waals surface area contributed by atoms with E-state index in [0.29, 0.717) is 0 Å². The lowest BCUT2D eigenvalue weighted by molar-refractivity contribution is 0.205. The molecule has 2 fully saturated rings. The predicted octanol–water partition coefficient (Wildman–Crippen LogP) is 1.15. The molecule has 3 heteroatoms. The first kappa shape index (κ1) is 12.3. The molecule has 0 amide bonds. The minimum absolute atomic E-state index is 0.816. The number of nitrogens with one attached hydrogen (secondary N) is 1. The molecule has 3 nitrogen and oxygen atoms in total. The van der Waals surface area contributed by atoms with Crippen LogP contribution in [0.4, 0.5) is 0 Å². The van der Waals surface area contributed by atoms with Crippen molar-refractivity contribution in [2.75, 3.05) is 40.3 Å². The second kappa shape index (κ2) is 5.99. The van der Waals surface area contributed by atoms with Crippen molar-refractivity contribution in [1.82, 2.24) is 15.1 Å². The zero-order chi connectivity index (χ0) is 11.4. The van der Waals surface area contributed by atoms with Crippen molar-refractivity contribution in [2.45, 2.75) is 44.2 Å². The largest absolute Gasteiger partial charge is 0.314 e. The summed E-state index contributed by atoms with van der Waals surface area (Å²) < 4.78 is 0. The zero-order valence-electron chi connectivity index (χ0n) is 10.9. The molecule has 0 spiro atoms. The van der Waals surface area contributed by atoms with E-state index in [1.54, 1.807) is 0 Å². The molecule has 16 heavy (non-hydrogen) atoms. The van der Waals surface area contributed by atoms with Gasteiger partial charge in [0.05, 0.1) is 0 Å². The maximum atomic E-state index is 3.60. The summed E-state index contributed by atoms with van der Waals surface area (Å²) in [5.74, 6) is 0. The van der Waals surface area contributed by atoms with E-state index in [2.05, 4.69) is 29.2 Å². The van der Waals surface area contributed by atoms with E-state index in [4.69, 9.17) is 0 Å². The number of nitrogens with zero attached hydrogens (tertiary/aromatic N) is 2. The van der Waals surface area contributed by atoms with E-state index in [-0.39, 0.29) is 0 Å². The Balaban J connectivity index is 1.58. The molecule has 1 aliphatic heterocycles. The number of likely N-dealkylation sites (N-methyl/N-ethyl adjacent to an activating group) is 1. The van der Waals surface area contributed by atoms with E-state index in [0.717, 1.165) is 12.1 Å². The third-order valence-corrected chi connectivity index (χ3v) is 3.71. The average molecular weight is 225 g/mol. The van der Waals surface area contributed by atoms with Crippen LogP contribution in [0.5, 0.6) is 0 Å². The topological polar surface area (TPSA) is 18.5 Å². The van der Waals surface area contributed by atoms with E-state index >= 15 is 0 Å². The highest BCUT2D eigenvalue weighted by Crippen LogP contribution is 2.19. The Morgan fingerprint density at radius 1 is 1.25 bits per heavy atom. The number of hydrogen-bond donors (Lipinski definition) is 1. The molecular weight excluding hydrogens is 198 g/mol. The molecule has 1 unspecified atom stereocenters. The van der Waals surface area contributed by atoms with Crippen LogP contribution in [0.25, 0.3) is 0 Å². The maximum Gasteiger partial charge on any atom is 0.0223 e. The van der Waals surface area contributed by atoms with Gasteiger partial charge in [0.2, 0.25) is 0 Å². The second-order valence-corrected chi connectivity index (χ2v) is 5.68. The second-order valence-electron chi connectivity index (χ2n) is 5.68. The van der Waals surface area contributed by atoms with Gasteiger partial charge >= 0.3 is 0 Å². The molecule has 0 radical (unpaired) electrons. The van der Waals surface area contributed by atoms with Gasteiger partial charge in [0.15, 0.2) is 0 Å². The van der Waals surface area contributed by atoms with Crippen LogP contribution in [0.15, 0.2) is 0 Å². The predicted molar refractivity (Wildman–Crippen MR) is 68.8 cm³/mol. The fourth-order valence-corrected chi connectivity index (χ4v) is 2.69. The fraction of sp³-hybridized carbons (Fsp3) is 1.00. The highest BCUT2D eigenvalue weighted by Gasteiger charge is 2.24. The molecular formula is C13H27N3. The molecule has 1 saturated heterocycles. The zero-order valence-corrected chi connectivity index (χ0v) is 10.9. The summed E-state index contributed by atoms with van der Waals surface area (Å²) in [4.78, 5) is 5.01. The molecule has 1 N–H and O–H groups in total. The van der Waals surface area contributed by atoms with Crippen molar-refractivity contribution in [1.29, 1.82) is 0 Å². The van der Waals surface area contributed by atoms with Gasteiger partial charge in [0.25, 0.3) is 0 Å². The maximum absolute atomic E-state index is 3.60. The molecule has 2 aliphatic rings. The first-order chi connectivity index (χ1) is 7.75. The summed E-state index contributed by atoms with van der Waals surface area (Å²) in [5.41, 5.74) is 0. The van der Waals surface area contributed by atoms with Crippen molar-refractivity contribution in [3.8, 4) is 0 Å². The Morgan fingerprint density at radius 3 is 2.75 bits per heavy atom. The number of hydrogen-bond acceptors (Lipinski definition) is 3. The van der Waals surface area contributed by atoms with Gasteiger partial charge in [0.1, 0.15) is 0 Å². The van der Waals surface area contributed by atoms with E-state index < -0.39 is 0 Å². The van der Waals surface area contributed by atoms with E-state index in [1.807, 2.05) is 0 Å². The first-order valence-electron chi connectivity index (χ1n) is 6.88. The summed E-state index contributed by atoms with van der Waals surface area (Å²) in [7, 11) is 4.37. The molecule has 1 aliphatic carbocycles. The Bertz CT molecular complexity index is 201. The van der Waals surface area contributed by atoms with Crippen LogP contribution in [0, 0.1) is 0 Å². The third kappa shape index (κ3) is 4.04. The van der Waals surface area contributed by atoms with Crippen LogP contribution in [0.1, 0.15) is 32.1 Å². The van der Waals surface area contributed by atoms with Gasteiger partial charge in [-0.2, -0.15) is 0 Å². The van der Waals surface area contributed by atoms with Crippen molar-refractivity contribution in [3.63, 3.8) is 0 Å². The SMILES string of the molecule is CN(C)CC1CCCN1CCCNC1CC1. The van der Waals surface area contributed by atoms with Crippen LogP contribution < -0.4 is 5.32 Å². The first-order valence-corrected chi connectivity index (χ1v) is 6.88. The molecule has 0 aromatic rings. The van der Waals surface area contributed by atoms with Crippen molar-refractivity contribution >= 4 is 0 Å². The third-order valence-electron chi connectivity index (χ3n) is 3.71. The lowest BCUT2D eigenvalue weighted by atomic mass is 10.2. The van der Waals surface area contributed by atoms with Crippen molar-refractivity contribution in [3.05, 3.63) is 0 Å². The standard InChI is InChI=1S/C13H27N3/c1-15(2)11-13-5-3-9-16(13)10-4-8-14-12-6-7-12/h12-14H,3-11H2,1-2H3. The van der Waals surface area contributed by atoms with Gasteiger partial charge in [-0.1, -0.05) is 0 Å². The Kier molecular flexibility index (Phi) is 4.62. The quantitative estimate of drug-likeness (QED) is 0.656. The lowest BCUT2D eigenvalue weighted by Gasteiger charge is -2.26. The van der Waals surface area contributed by atoms with Gasteiger partial charge in [0, 0.05) is 18.6 Å². The van der Waals surface area contributed by atoms with Crippen molar-refractivity contribution < 1.29 is 0 Å². The van der Waals surface area contributed by atoms with E-state index in [9.17, 15) is 0 Å². The Hall–Kier alpha value is -0.120. The summed E-state index contributed by atoms with van der Waals surface area (Å²) in [6, 6.07) is 1.69. The molecule has 1 saturated carbocycles. The van der Waals surface area contributed by atoms with Gasteiger partial charge < -0.3 is 10.2 Å². The van der Waals surface area contributed by atoms with Crippen LogP contribution in [-0.2, 0) is 0 Å². The number of likely N-dealkylation sites (tertiary alicyclic amines) is 1. The minimum atomic E-state index is 0.816. The van der Waals surface area contributed by atoms with Gasteiger partial charge in [-0.15, -0.1) is 0 Å². The van der Waals surface area contributed by atoms with Crippen molar-refractivity contribution in [2.24, 2.45) is 0 Å². The summed E-state index contributed by atoms with van der Waals surface area (Å²) >= 11 is 0. The molecule has 0 bridgehead atoms. The van der Waals surface area contributed by atoms with Crippen LogP contribution in [0.3, 0.4) is 0 Å². The Labute approximate surface area is 100 Å². The summed E-state index contributed by atoms with van der Waals surface area (Å²) in [5, 5.41) is 3.60. The molecule has 1 atom stereocenters. The minimum Gasteiger partial charge on any atom is -0.314 e. The smallest absolute Gasteiger partial charge is 0.0223 e. The molecule has 2 rings (SSSR count). The average Bonchev–Trinajstić information content (AvgIpc) is 2.95. The summed E-state index contributed by atoms with van der Waals surface area (Å²) in [6.45, 7) is 5.06. The fourth-order valence-electron chi connectivity index (χ4n) is 2.69. The molecule has 1 heterocycles. The normalized spacial score (nSPS) is 26.8. The summed E-state index contributed by atoms with van der Waals surface area (Å²) in [6.07, 6.45) is 6.93. The molecule has 0 aromatic heterocycles. The van der Waals surface area contributed by atoms with Gasteiger partial charge in [-0.25, -0.2) is 0 Å². The highest BCUT2D eigenvalue weighted by atomic mass is 15.2. The molecule has 94 valence electrons. The van der Waals surface area contributed by atoms with E-state index in [1.165, 1.54) is 58.3 Å². The highest BCUT2D eigenvalue weighted by molar-refractivity contribution is 4.83. The Morgan fingerprint density at radius 2 is 2.06 bits per heavy atom. The lowest BCUT2D eigenvalue weighted by Crippen LogP contribution is -2.38. The van der Waals surface area contributed by atoms with Gasteiger partial charge in [-0.3, -0.25) is 4.90 Å². The molecule has 0 aromatic carbocycles. The van der Waals surface area contributed by atoms with Gasteiger partial charge in [-0.05, 0) is 65.8 Å². The van der Waals surface area contributed by atoms with Crippen LogP contribution in [0.2, 0.25) is 0 Å².